The number of nitrogens with zero attached hydrogens (tertiary/aromatic N) is 1. The topological polar surface area (TPSA) is 72.9 Å². The van der Waals surface area contributed by atoms with Crippen molar-refractivity contribution in [3.8, 4) is 0 Å². The molecule has 6 nitrogen and oxygen atoms in total. The van der Waals surface area contributed by atoms with Gasteiger partial charge in [-0.3, -0.25) is 9.59 Å². The van der Waals surface area contributed by atoms with Gasteiger partial charge in [-0.1, -0.05) is 56.1 Å². The van der Waals surface area contributed by atoms with Crippen molar-refractivity contribution in [2.24, 2.45) is 5.92 Å². The van der Waals surface area contributed by atoms with Crippen LogP contribution < -0.4 is 4.90 Å². The number of hydrogen-bond acceptors (Lipinski definition) is 5. The molecule has 0 spiro atoms. The van der Waals surface area contributed by atoms with Gasteiger partial charge in [0.15, 0.2) is 5.78 Å². The molecular formula is C30H31ClFNO5. The number of amides is 1. The van der Waals surface area contributed by atoms with Crippen LogP contribution in [-0.2, 0) is 14.3 Å². The van der Waals surface area contributed by atoms with E-state index in [1.807, 2.05) is 32.9 Å². The average molecular weight is 540 g/mol. The maximum atomic E-state index is 13.9. The van der Waals surface area contributed by atoms with Gasteiger partial charge in [0.2, 0.25) is 6.29 Å². The third kappa shape index (κ3) is 6.98. The predicted molar refractivity (Wildman–Crippen MR) is 145 cm³/mol. The maximum Gasteiger partial charge on any atom is 0.422 e. The van der Waals surface area contributed by atoms with Gasteiger partial charge in [-0.15, -0.1) is 0 Å². The second-order valence-electron chi connectivity index (χ2n) is 9.23. The van der Waals surface area contributed by atoms with E-state index in [1.165, 1.54) is 42.2 Å². The number of anilines is 2. The van der Waals surface area contributed by atoms with E-state index in [0.29, 0.717) is 16.8 Å². The Morgan fingerprint density at radius 1 is 0.921 bits per heavy atom. The van der Waals surface area contributed by atoms with Gasteiger partial charge in [0.1, 0.15) is 5.82 Å². The number of ketones is 1. The van der Waals surface area contributed by atoms with E-state index >= 15 is 0 Å². The summed E-state index contributed by atoms with van der Waals surface area (Å²) in [5, 5.41) is 0.126. The fourth-order valence-electron chi connectivity index (χ4n) is 3.89. The van der Waals surface area contributed by atoms with E-state index in [2.05, 4.69) is 0 Å². The van der Waals surface area contributed by atoms with Gasteiger partial charge in [-0.05, 0) is 67.3 Å². The molecule has 1 amide bonds. The fourth-order valence-corrected chi connectivity index (χ4v) is 4.15. The zero-order valence-corrected chi connectivity index (χ0v) is 22.8. The minimum absolute atomic E-state index is 0.126. The normalized spacial score (nSPS) is 12.4. The van der Waals surface area contributed by atoms with Crippen LogP contribution in [0, 0.1) is 25.6 Å². The van der Waals surface area contributed by atoms with E-state index in [4.69, 9.17) is 21.1 Å². The van der Waals surface area contributed by atoms with E-state index < -0.39 is 24.2 Å². The lowest BCUT2D eigenvalue weighted by Gasteiger charge is -2.26. The molecule has 3 aromatic rings. The van der Waals surface area contributed by atoms with Gasteiger partial charge in [0.05, 0.1) is 16.4 Å². The number of carbonyl (C=O) groups excluding carboxylic acids is 3. The summed E-state index contributed by atoms with van der Waals surface area (Å²) in [7, 11) is 0. The summed E-state index contributed by atoms with van der Waals surface area (Å²) < 4.78 is 24.5. The first-order valence-corrected chi connectivity index (χ1v) is 12.8. The van der Waals surface area contributed by atoms with Crippen molar-refractivity contribution < 1.29 is 28.2 Å². The van der Waals surface area contributed by atoms with Crippen LogP contribution in [0.4, 0.5) is 20.6 Å². The molecule has 0 saturated carbocycles. The smallest absolute Gasteiger partial charge is 0.422 e. The van der Waals surface area contributed by atoms with Crippen molar-refractivity contribution in [2.75, 3.05) is 4.90 Å². The predicted octanol–water partition coefficient (Wildman–Crippen LogP) is 7.93. The summed E-state index contributed by atoms with van der Waals surface area (Å²) in [5.41, 5.74) is 2.67. The molecule has 0 saturated heterocycles. The average Bonchev–Trinajstić information content (AvgIpc) is 2.85. The largest absolute Gasteiger partial charge is 0.425 e. The number of hydrogen-bond donors (Lipinski definition) is 0. The number of carbonyl (C=O) groups is 3. The second kappa shape index (κ2) is 12.7. The van der Waals surface area contributed by atoms with Crippen LogP contribution in [0.5, 0.6) is 0 Å². The monoisotopic (exact) mass is 539 g/mol. The summed E-state index contributed by atoms with van der Waals surface area (Å²) >= 11 is 6.54. The molecular weight excluding hydrogens is 509 g/mol. The molecule has 2 atom stereocenters. The quantitative estimate of drug-likeness (QED) is 0.157. The molecule has 0 aromatic heterocycles. The first-order chi connectivity index (χ1) is 18.0. The highest BCUT2D eigenvalue weighted by Crippen LogP contribution is 2.34. The van der Waals surface area contributed by atoms with Crippen LogP contribution >= 0.6 is 11.6 Å². The van der Waals surface area contributed by atoms with Crippen LogP contribution in [-0.4, -0.2) is 24.1 Å². The molecule has 0 fully saturated rings. The second-order valence-corrected chi connectivity index (χ2v) is 9.64. The number of benzene rings is 3. The lowest BCUT2D eigenvalue weighted by atomic mass is 9.99. The Morgan fingerprint density at radius 3 is 2.26 bits per heavy atom. The van der Waals surface area contributed by atoms with Crippen molar-refractivity contribution in [3.05, 3.63) is 93.8 Å². The number of rotatable bonds is 9. The van der Waals surface area contributed by atoms with Crippen molar-refractivity contribution >= 4 is 40.8 Å². The zero-order chi connectivity index (χ0) is 28.0. The lowest BCUT2D eigenvalue weighted by molar-refractivity contribution is -0.165. The number of aryl methyl sites for hydroxylation is 2. The van der Waals surface area contributed by atoms with Crippen LogP contribution in [0.25, 0.3) is 0 Å². The SMILES string of the molecule is CCC(C)CC(=O)OC(C)OC(=O)N(c1ccc(C(=O)c2ccccc2C)c(Cl)c1)c1ccc(F)cc1C. The summed E-state index contributed by atoms with van der Waals surface area (Å²) in [5.74, 6) is -1.07. The van der Waals surface area contributed by atoms with Crippen molar-refractivity contribution in [2.45, 2.75) is 53.8 Å². The lowest BCUT2D eigenvalue weighted by Crippen LogP contribution is -2.32. The van der Waals surface area contributed by atoms with Crippen LogP contribution in [0.3, 0.4) is 0 Å². The van der Waals surface area contributed by atoms with Crippen molar-refractivity contribution in [1.82, 2.24) is 0 Å². The molecule has 2 unspecified atom stereocenters. The van der Waals surface area contributed by atoms with Crippen molar-refractivity contribution in [3.63, 3.8) is 0 Å². The molecule has 0 radical (unpaired) electrons. The summed E-state index contributed by atoms with van der Waals surface area (Å²) in [6.07, 6.45) is -1.02. The third-order valence-corrected chi connectivity index (χ3v) is 6.52. The molecule has 0 bridgehead atoms. The Labute approximate surface area is 227 Å². The molecule has 3 aromatic carbocycles. The van der Waals surface area contributed by atoms with E-state index in [-0.39, 0.29) is 34.4 Å². The minimum Gasteiger partial charge on any atom is -0.425 e. The third-order valence-electron chi connectivity index (χ3n) is 6.20. The highest BCUT2D eigenvalue weighted by Gasteiger charge is 2.26. The summed E-state index contributed by atoms with van der Waals surface area (Å²) in [6, 6.07) is 15.7. The summed E-state index contributed by atoms with van der Waals surface area (Å²) in [6.45, 7) is 8.82. The van der Waals surface area contributed by atoms with Crippen LogP contribution in [0.2, 0.25) is 5.02 Å². The number of esters is 1. The Hall–Kier alpha value is -3.71. The van der Waals surface area contributed by atoms with E-state index in [9.17, 15) is 18.8 Å². The summed E-state index contributed by atoms with van der Waals surface area (Å²) in [4.78, 5) is 39.9. The highest BCUT2D eigenvalue weighted by molar-refractivity contribution is 6.35. The first kappa shape index (κ1) is 28.9. The van der Waals surface area contributed by atoms with Gasteiger partial charge in [-0.2, -0.15) is 0 Å². The molecule has 3 rings (SSSR count). The van der Waals surface area contributed by atoms with Crippen LogP contribution in [0.1, 0.15) is 60.7 Å². The number of halogens is 2. The molecule has 0 N–H and O–H groups in total. The molecule has 38 heavy (non-hydrogen) atoms. The molecule has 0 aliphatic rings. The van der Waals surface area contributed by atoms with Gasteiger partial charge in [0, 0.05) is 24.5 Å². The van der Waals surface area contributed by atoms with Gasteiger partial charge < -0.3 is 9.47 Å². The standard InChI is InChI=1S/C30H31ClFNO5/c1-6-18(2)15-28(34)37-21(5)38-30(36)33(27-14-11-22(32)16-20(27)4)23-12-13-25(26(31)17-23)29(35)24-10-8-7-9-19(24)3/h7-14,16-18,21H,6,15H2,1-5H3. The van der Waals surface area contributed by atoms with E-state index in [0.717, 1.165) is 12.0 Å². The Bertz CT molecular complexity index is 1340. The number of ether oxygens (including phenoxy) is 2. The Kier molecular flexibility index (Phi) is 9.64. The minimum atomic E-state index is -1.17. The fraction of sp³-hybridized carbons (Fsp3) is 0.300. The molecule has 0 aliphatic heterocycles. The molecule has 0 heterocycles. The first-order valence-electron chi connectivity index (χ1n) is 12.4. The zero-order valence-electron chi connectivity index (χ0n) is 22.1. The molecule has 0 aliphatic carbocycles. The van der Waals surface area contributed by atoms with E-state index in [1.54, 1.807) is 25.1 Å². The van der Waals surface area contributed by atoms with Gasteiger partial charge in [-0.25, -0.2) is 14.1 Å². The Morgan fingerprint density at radius 2 is 1.63 bits per heavy atom. The molecule has 200 valence electrons. The van der Waals surface area contributed by atoms with Crippen LogP contribution in [0.15, 0.2) is 60.7 Å². The van der Waals surface area contributed by atoms with Gasteiger partial charge >= 0.3 is 12.1 Å². The maximum absolute atomic E-state index is 13.9. The van der Waals surface area contributed by atoms with Gasteiger partial charge in [0.25, 0.3) is 0 Å². The highest BCUT2D eigenvalue weighted by atomic mass is 35.5. The van der Waals surface area contributed by atoms with Crippen molar-refractivity contribution in [1.29, 1.82) is 0 Å². The molecule has 8 heteroatoms. The Balaban J connectivity index is 1.93.